The van der Waals surface area contributed by atoms with Crippen LogP contribution in [-0.2, 0) is 6.54 Å². The largest absolute Gasteiger partial charge is 0.460 e. The Bertz CT molecular complexity index is 858. The van der Waals surface area contributed by atoms with Crippen LogP contribution in [0.4, 0.5) is 4.39 Å². The van der Waals surface area contributed by atoms with Crippen LogP contribution in [-0.4, -0.2) is 16.0 Å². The van der Waals surface area contributed by atoms with Crippen LogP contribution < -0.4 is 5.32 Å². The number of rotatable bonds is 4. The van der Waals surface area contributed by atoms with Crippen molar-refractivity contribution >= 4 is 11.8 Å². The summed E-state index contributed by atoms with van der Waals surface area (Å²) >= 11 is 1.60. The van der Waals surface area contributed by atoms with Crippen LogP contribution in [0.1, 0.15) is 29.3 Å². The van der Waals surface area contributed by atoms with Gasteiger partial charge in [0.25, 0.3) is 0 Å². The Balaban J connectivity index is 1.53. The van der Waals surface area contributed by atoms with Crippen LogP contribution in [0.5, 0.6) is 0 Å². The van der Waals surface area contributed by atoms with Gasteiger partial charge in [-0.15, -0.1) is 11.8 Å². The van der Waals surface area contributed by atoms with E-state index in [-0.39, 0.29) is 11.9 Å². The summed E-state index contributed by atoms with van der Waals surface area (Å²) in [5, 5.41) is 10.7. The molecule has 2 aromatic heterocycles. The minimum Gasteiger partial charge on any atom is -0.460 e. The molecule has 0 spiro atoms. The lowest BCUT2D eigenvalue weighted by Crippen LogP contribution is -2.24. The lowest BCUT2D eigenvalue weighted by molar-refractivity contribution is 0.496. The molecule has 0 radical (unpaired) electrons. The van der Waals surface area contributed by atoms with Gasteiger partial charge in [-0.2, -0.15) is 5.10 Å². The maximum Gasteiger partial charge on any atom is 0.152 e. The molecular weight excluding hydrogens is 325 g/mol. The van der Waals surface area contributed by atoms with Gasteiger partial charge in [0.15, 0.2) is 5.76 Å². The number of hydrogen-bond donors (Lipinski definition) is 2. The highest BCUT2D eigenvalue weighted by atomic mass is 32.2. The minimum atomic E-state index is -0.126. The third-order valence-electron chi connectivity index (χ3n) is 4.27. The van der Waals surface area contributed by atoms with Crippen molar-refractivity contribution in [1.82, 2.24) is 15.5 Å². The summed E-state index contributed by atoms with van der Waals surface area (Å²) in [5.74, 6) is 2.44. The molecule has 3 heterocycles. The van der Waals surface area contributed by atoms with E-state index in [9.17, 15) is 4.39 Å². The first-order valence-corrected chi connectivity index (χ1v) is 8.94. The van der Waals surface area contributed by atoms with Crippen molar-refractivity contribution < 1.29 is 8.81 Å². The second kappa shape index (κ2) is 6.45. The number of halogens is 1. The van der Waals surface area contributed by atoms with Crippen LogP contribution in [0.2, 0.25) is 0 Å². The summed E-state index contributed by atoms with van der Waals surface area (Å²) in [6.45, 7) is 2.57. The van der Waals surface area contributed by atoms with Crippen molar-refractivity contribution in [3.63, 3.8) is 0 Å². The van der Waals surface area contributed by atoms with Crippen molar-refractivity contribution in [1.29, 1.82) is 0 Å². The van der Waals surface area contributed by atoms with E-state index < -0.39 is 0 Å². The monoisotopic (exact) mass is 343 g/mol. The van der Waals surface area contributed by atoms with Crippen LogP contribution in [0.25, 0.3) is 11.5 Å². The average molecular weight is 343 g/mol. The number of thioether (sulfide) groups is 1. The van der Waals surface area contributed by atoms with E-state index in [2.05, 4.69) is 15.5 Å². The highest BCUT2D eigenvalue weighted by Gasteiger charge is 2.23. The normalized spacial score (nSPS) is 17.0. The van der Waals surface area contributed by atoms with Gasteiger partial charge in [0.2, 0.25) is 0 Å². The molecule has 6 heteroatoms. The Morgan fingerprint density at radius 1 is 1.38 bits per heavy atom. The van der Waals surface area contributed by atoms with E-state index in [1.165, 1.54) is 6.07 Å². The molecule has 4 nitrogen and oxygen atoms in total. The summed E-state index contributed by atoms with van der Waals surface area (Å²) in [5.41, 5.74) is 2.98. The Labute approximate surface area is 143 Å². The lowest BCUT2D eigenvalue weighted by atomic mass is 10.0. The molecule has 1 aromatic carbocycles. The summed E-state index contributed by atoms with van der Waals surface area (Å²) in [7, 11) is 0. The van der Waals surface area contributed by atoms with Gasteiger partial charge in [0.1, 0.15) is 17.3 Å². The van der Waals surface area contributed by atoms with E-state index in [1.54, 1.807) is 17.8 Å². The first-order chi connectivity index (χ1) is 11.7. The molecule has 2 N–H and O–H groups in total. The topological polar surface area (TPSA) is 53.9 Å². The van der Waals surface area contributed by atoms with Gasteiger partial charge in [0.05, 0.1) is 6.20 Å². The average Bonchev–Trinajstić information content (AvgIpc) is 3.22. The van der Waals surface area contributed by atoms with Gasteiger partial charge >= 0.3 is 0 Å². The van der Waals surface area contributed by atoms with E-state index in [0.29, 0.717) is 6.54 Å². The molecule has 1 atom stereocenters. The van der Waals surface area contributed by atoms with Gasteiger partial charge in [-0.1, -0.05) is 12.1 Å². The summed E-state index contributed by atoms with van der Waals surface area (Å²) in [6, 6.07) is 9.34. The Morgan fingerprint density at radius 2 is 2.29 bits per heavy atom. The number of benzene rings is 1. The lowest BCUT2D eigenvalue weighted by Gasteiger charge is -2.26. The van der Waals surface area contributed by atoms with Crippen LogP contribution in [0, 0.1) is 12.7 Å². The third-order valence-corrected chi connectivity index (χ3v) is 5.43. The Morgan fingerprint density at radius 3 is 3.12 bits per heavy atom. The number of fused-ring (bicyclic) bond motifs is 1. The summed E-state index contributed by atoms with van der Waals surface area (Å²) < 4.78 is 19.7. The molecule has 1 aliphatic heterocycles. The molecule has 0 saturated heterocycles. The number of hydrogen-bond acceptors (Lipinski definition) is 4. The molecule has 0 amide bonds. The van der Waals surface area contributed by atoms with Gasteiger partial charge in [0, 0.05) is 23.0 Å². The predicted molar refractivity (Wildman–Crippen MR) is 92.3 cm³/mol. The first kappa shape index (κ1) is 15.5. The molecule has 0 saturated carbocycles. The first-order valence-electron chi connectivity index (χ1n) is 7.96. The highest BCUT2D eigenvalue weighted by molar-refractivity contribution is 7.99. The summed E-state index contributed by atoms with van der Waals surface area (Å²) in [4.78, 5) is 0.773. The molecular formula is C18H18FN3OS. The van der Waals surface area contributed by atoms with E-state index in [4.69, 9.17) is 4.42 Å². The second-order valence-corrected chi connectivity index (χ2v) is 7.01. The number of nitrogens with one attached hydrogen (secondary N) is 2. The van der Waals surface area contributed by atoms with Gasteiger partial charge in [-0.05, 0) is 42.9 Å². The van der Waals surface area contributed by atoms with Crippen LogP contribution >= 0.6 is 11.8 Å². The number of aryl methyl sites for hydroxylation is 1. The molecule has 0 bridgehead atoms. The number of H-pyrrole nitrogens is 1. The standard InChI is InChI=1S/C18H18FN3OS/c1-11-5-6-16(23-11)17-12(10-21-22-17)9-20-15-7-8-24-18-13(15)3-2-4-14(18)19/h2-6,10,15,20H,7-9H2,1H3,(H,21,22). The molecule has 4 rings (SSSR count). The number of aromatic nitrogens is 2. The second-order valence-electron chi connectivity index (χ2n) is 5.91. The zero-order valence-electron chi connectivity index (χ0n) is 13.3. The zero-order valence-corrected chi connectivity index (χ0v) is 14.1. The Kier molecular flexibility index (Phi) is 4.16. The van der Waals surface area contributed by atoms with Gasteiger partial charge < -0.3 is 9.73 Å². The number of aromatic amines is 1. The van der Waals surface area contributed by atoms with Gasteiger partial charge in [-0.25, -0.2) is 4.39 Å². The Hall–Kier alpha value is -2.05. The van der Waals surface area contributed by atoms with E-state index >= 15 is 0 Å². The SMILES string of the molecule is Cc1ccc(-c2[nH]ncc2CNC2CCSc3c(F)cccc32)o1. The maximum atomic E-state index is 14.0. The number of nitrogens with zero attached hydrogens (tertiary/aromatic N) is 1. The summed E-state index contributed by atoms with van der Waals surface area (Å²) in [6.07, 6.45) is 2.79. The van der Waals surface area contributed by atoms with E-state index in [0.717, 1.165) is 45.4 Å². The fourth-order valence-corrected chi connectivity index (χ4v) is 4.20. The molecule has 3 aromatic rings. The fraction of sp³-hybridized carbons (Fsp3) is 0.278. The van der Waals surface area contributed by atoms with Crippen LogP contribution in [0.3, 0.4) is 0 Å². The smallest absolute Gasteiger partial charge is 0.152 e. The predicted octanol–water partition coefficient (Wildman–Crippen LogP) is 4.44. The van der Waals surface area contributed by atoms with Crippen LogP contribution in [0.15, 0.2) is 45.8 Å². The van der Waals surface area contributed by atoms with Crippen molar-refractivity contribution in [2.45, 2.75) is 30.8 Å². The molecule has 0 fully saturated rings. The minimum absolute atomic E-state index is 0.126. The molecule has 124 valence electrons. The van der Waals surface area contributed by atoms with Crippen molar-refractivity contribution in [3.8, 4) is 11.5 Å². The highest BCUT2D eigenvalue weighted by Crippen LogP contribution is 2.38. The van der Waals surface area contributed by atoms with Crippen molar-refractivity contribution in [3.05, 3.63) is 59.2 Å². The quantitative estimate of drug-likeness (QED) is 0.735. The molecule has 1 unspecified atom stereocenters. The van der Waals surface area contributed by atoms with E-state index in [1.807, 2.05) is 31.3 Å². The molecule has 24 heavy (non-hydrogen) atoms. The molecule has 0 aliphatic carbocycles. The maximum absolute atomic E-state index is 14.0. The number of furan rings is 1. The van der Waals surface area contributed by atoms with Crippen molar-refractivity contribution in [2.75, 3.05) is 5.75 Å². The molecule has 1 aliphatic rings. The van der Waals surface area contributed by atoms with Gasteiger partial charge in [-0.3, -0.25) is 5.10 Å². The van der Waals surface area contributed by atoms with Crippen molar-refractivity contribution in [2.24, 2.45) is 0 Å². The zero-order chi connectivity index (χ0) is 16.5. The third kappa shape index (κ3) is 2.87. The fourth-order valence-electron chi connectivity index (χ4n) is 3.06.